The average Bonchev–Trinajstić information content (AvgIpc) is 2.46. The maximum absolute atomic E-state index is 11.2. The highest BCUT2D eigenvalue weighted by Gasteiger charge is 2.42. The van der Waals surface area contributed by atoms with Gasteiger partial charge in [-0.2, -0.15) is 0 Å². The Morgan fingerprint density at radius 3 is 2.20 bits per heavy atom. The van der Waals surface area contributed by atoms with Crippen LogP contribution >= 0.6 is 0 Å². The third-order valence-electron chi connectivity index (χ3n) is 3.22. The lowest BCUT2D eigenvalue weighted by molar-refractivity contribution is -0.144. The molecule has 0 heterocycles. The summed E-state index contributed by atoms with van der Waals surface area (Å²) >= 11 is 0. The van der Waals surface area contributed by atoms with E-state index in [9.17, 15) is 15.0 Å². The molecule has 20 heavy (non-hydrogen) atoms. The van der Waals surface area contributed by atoms with E-state index in [1.807, 2.05) is 0 Å². The molecule has 0 fully saturated rings. The molecule has 2 atom stereocenters. The van der Waals surface area contributed by atoms with Gasteiger partial charge in [-0.15, -0.1) is 0 Å². The van der Waals surface area contributed by atoms with Crippen LogP contribution in [0.5, 0.6) is 5.75 Å². The van der Waals surface area contributed by atoms with Crippen molar-refractivity contribution in [2.24, 2.45) is 5.73 Å². The van der Waals surface area contributed by atoms with Crippen molar-refractivity contribution >= 4 is 5.97 Å². The second kappa shape index (κ2) is 5.32. The van der Waals surface area contributed by atoms with Crippen molar-refractivity contribution in [2.45, 2.75) is 11.6 Å². The van der Waals surface area contributed by atoms with Gasteiger partial charge in [-0.1, -0.05) is 42.5 Å². The minimum atomic E-state index is -1.92. The second-order valence-corrected chi connectivity index (χ2v) is 4.50. The van der Waals surface area contributed by atoms with E-state index in [0.29, 0.717) is 5.56 Å². The summed E-state index contributed by atoms with van der Waals surface area (Å²) in [6.45, 7) is 0. The molecule has 5 N–H and O–H groups in total. The molecular weight excluding hydrogens is 258 g/mol. The number of carboxylic acid groups (broad SMARTS) is 1. The number of phenols is 1. The van der Waals surface area contributed by atoms with Crippen LogP contribution in [0.3, 0.4) is 0 Å². The van der Waals surface area contributed by atoms with Crippen LogP contribution in [0.15, 0.2) is 54.6 Å². The molecule has 5 heteroatoms. The van der Waals surface area contributed by atoms with Gasteiger partial charge in [-0.25, -0.2) is 0 Å². The molecule has 0 aromatic heterocycles. The van der Waals surface area contributed by atoms with Crippen molar-refractivity contribution in [3.63, 3.8) is 0 Å². The number of hydrogen-bond acceptors (Lipinski definition) is 4. The molecule has 0 bridgehead atoms. The summed E-state index contributed by atoms with van der Waals surface area (Å²) in [7, 11) is 0. The molecule has 2 aromatic carbocycles. The molecular formula is C15H15NO4. The second-order valence-electron chi connectivity index (χ2n) is 4.50. The van der Waals surface area contributed by atoms with Gasteiger partial charge in [-0.05, 0) is 23.3 Å². The number of benzene rings is 2. The molecule has 2 rings (SSSR count). The van der Waals surface area contributed by atoms with Gasteiger partial charge >= 0.3 is 5.97 Å². The Kier molecular flexibility index (Phi) is 3.74. The highest BCUT2D eigenvalue weighted by molar-refractivity contribution is 5.76. The molecule has 2 aromatic rings. The molecule has 0 radical (unpaired) electrons. The molecule has 0 aliphatic carbocycles. The predicted octanol–water partition coefficient (Wildman–Crippen LogP) is 1.04. The van der Waals surface area contributed by atoms with Crippen molar-refractivity contribution in [1.29, 1.82) is 0 Å². The van der Waals surface area contributed by atoms with Gasteiger partial charge in [0.1, 0.15) is 17.4 Å². The van der Waals surface area contributed by atoms with E-state index >= 15 is 0 Å². The first-order chi connectivity index (χ1) is 9.46. The van der Waals surface area contributed by atoms with Gasteiger partial charge in [0.2, 0.25) is 0 Å². The molecule has 0 saturated heterocycles. The fourth-order valence-electron chi connectivity index (χ4n) is 2.14. The zero-order valence-electron chi connectivity index (χ0n) is 10.6. The number of carbonyl (C=O) groups is 1. The van der Waals surface area contributed by atoms with Crippen LogP contribution in [0.25, 0.3) is 0 Å². The molecule has 0 aliphatic rings. The molecule has 5 nitrogen and oxygen atoms in total. The third-order valence-corrected chi connectivity index (χ3v) is 3.22. The van der Waals surface area contributed by atoms with Crippen molar-refractivity contribution < 1.29 is 20.1 Å². The Bertz CT molecular complexity index is 614. The molecule has 0 spiro atoms. The first kappa shape index (κ1) is 14.0. The van der Waals surface area contributed by atoms with Crippen molar-refractivity contribution in [1.82, 2.24) is 0 Å². The van der Waals surface area contributed by atoms with Crippen LogP contribution in [0.4, 0.5) is 0 Å². The fraction of sp³-hybridized carbons (Fsp3) is 0.133. The number of rotatable bonds is 4. The number of nitrogens with two attached hydrogens (primary N) is 1. The first-order valence-corrected chi connectivity index (χ1v) is 6.02. The number of phenolic OH excluding ortho intramolecular Hbond substituents is 1. The van der Waals surface area contributed by atoms with Gasteiger partial charge in [0.05, 0.1) is 0 Å². The lowest BCUT2D eigenvalue weighted by Gasteiger charge is -2.32. The topological polar surface area (TPSA) is 104 Å². The number of aromatic hydroxyl groups is 1. The van der Waals surface area contributed by atoms with Gasteiger partial charge < -0.3 is 21.1 Å². The number of hydrogen-bond donors (Lipinski definition) is 4. The minimum absolute atomic E-state index is 0.0746. The summed E-state index contributed by atoms with van der Waals surface area (Å²) in [6, 6.07) is 12.5. The van der Waals surface area contributed by atoms with Crippen LogP contribution in [-0.2, 0) is 10.4 Å². The highest BCUT2D eigenvalue weighted by atomic mass is 16.4. The average molecular weight is 273 g/mol. The van der Waals surface area contributed by atoms with Crippen LogP contribution in [0, 0.1) is 0 Å². The van der Waals surface area contributed by atoms with E-state index in [-0.39, 0.29) is 11.3 Å². The van der Waals surface area contributed by atoms with Crippen molar-refractivity contribution in [3.8, 4) is 5.75 Å². The van der Waals surface area contributed by atoms with Gasteiger partial charge in [0.15, 0.2) is 0 Å². The zero-order chi connectivity index (χ0) is 14.8. The van der Waals surface area contributed by atoms with E-state index < -0.39 is 17.6 Å². The lowest BCUT2D eigenvalue weighted by Crippen LogP contribution is -2.51. The molecule has 0 saturated carbocycles. The predicted molar refractivity (Wildman–Crippen MR) is 73.2 cm³/mol. The number of aliphatic carboxylic acids is 1. The monoisotopic (exact) mass is 273 g/mol. The Balaban J connectivity index is 2.64. The lowest BCUT2D eigenvalue weighted by atomic mass is 9.80. The summed E-state index contributed by atoms with van der Waals surface area (Å²) in [5.74, 6) is -1.41. The summed E-state index contributed by atoms with van der Waals surface area (Å²) in [5, 5.41) is 29.6. The normalized spacial score (nSPS) is 15.3. The number of carboxylic acids is 1. The van der Waals surface area contributed by atoms with E-state index in [1.54, 1.807) is 30.3 Å². The Hall–Kier alpha value is -2.37. The van der Waals surface area contributed by atoms with Crippen molar-refractivity contribution in [3.05, 3.63) is 65.7 Å². The molecule has 104 valence electrons. The van der Waals surface area contributed by atoms with Gasteiger partial charge in [-0.3, -0.25) is 4.79 Å². The maximum Gasteiger partial charge on any atom is 0.324 e. The fourth-order valence-corrected chi connectivity index (χ4v) is 2.14. The van der Waals surface area contributed by atoms with Gasteiger partial charge in [0.25, 0.3) is 0 Å². The van der Waals surface area contributed by atoms with E-state index in [1.165, 1.54) is 24.3 Å². The maximum atomic E-state index is 11.2. The van der Waals surface area contributed by atoms with Crippen LogP contribution in [-0.4, -0.2) is 27.3 Å². The Morgan fingerprint density at radius 1 is 1.05 bits per heavy atom. The summed E-state index contributed by atoms with van der Waals surface area (Å²) < 4.78 is 0. The molecule has 2 unspecified atom stereocenters. The highest BCUT2D eigenvalue weighted by Crippen LogP contribution is 2.33. The smallest absolute Gasteiger partial charge is 0.324 e. The third kappa shape index (κ3) is 2.36. The van der Waals surface area contributed by atoms with E-state index in [2.05, 4.69) is 0 Å². The van der Waals surface area contributed by atoms with Crippen LogP contribution < -0.4 is 5.73 Å². The first-order valence-electron chi connectivity index (χ1n) is 6.02. The van der Waals surface area contributed by atoms with Crippen LogP contribution in [0.2, 0.25) is 0 Å². The quantitative estimate of drug-likeness (QED) is 0.666. The standard InChI is InChI=1S/C15H15NO4/c16-13(14(18)19)15(20,10-5-2-1-3-6-10)11-7-4-8-12(17)9-11/h1-9,13,17,20H,16H2,(H,18,19). The van der Waals surface area contributed by atoms with Crippen LogP contribution in [0.1, 0.15) is 11.1 Å². The van der Waals surface area contributed by atoms with Gasteiger partial charge in [0, 0.05) is 0 Å². The Labute approximate surface area is 115 Å². The molecule has 0 amide bonds. The Morgan fingerprint density at radius 2 is 1.65 bits per heavy atom. The van der Waals surface area contributed by atoms with E-state index in [0.717, 1.165) is 0 Å². The zero-order valence-corrected chi connectivity index (χ0v) is 10.6. The SMILES string of the molecule is NC(C(=O)O)C(O)(c1ccccc1)c1cccc(O)c1. The minimum Gasteiger partial charge on any atom is -0.508 e. The van der Waals surface area contributed by atoms with Crippen molar-refractivity contribution in [2.75, 3.05) is 0 Å². The molecule has 0 aliphatic heterocycles. The summed E-state index contributed by atoms with van der Waals surface area (Å²) in [5.41, 5.74) is 4.32. The van der Waals surface area contributed by atoms with E-state index in [4.69, 9.17) is 10.8 Å². The number of aliphatic hydroxyl groups is 1. The summed E-state index contributed by atoms with van der Waals surface area (Å²) in [6.07, 6.45) is 0. The largest absolute Gasteiger partial charge is 0.508 e. The summed E-state index contributed by atoms with van der Waals surface area (Å²) in [4.78, 5) is 11.2.